The Hall–Kier alpha value is -4.34. The molecule has 3 aromatic carbocycles. The molecule has 0 bridgehead atoms. The molecule has 3 heterocycles. The third-order valence-electron chi connectivity index (χ3n) is 7.00. The first-order valence-electron chi connectivity index (χ1n) is 13.1. The highest BCUT2D eigenvalue weighted by atomic mass is 32.1. The van der Waals surface area contributed by atoms with Crippen LogP contribution in [0.15, 0.2) is 95.8 Å². The lowest BCUT2D eigenvalue weighted by Gasteiger charge is -2.19. The number of thiazole rings is 1. The van der Waals surface area contributed by atoms with Gasteiger partial charge in [0.2, 0.25) is 0 Å². The van der Waals surface area contributed by atoms with E-state index in [2.05, 4.69) is 23.9 Å². The summed E-state index contributed by atoms with van der Waals surface area (Å²) in [4.78, 5) is 23.4. The van der Waals surface area contributed by atoms with Gasteiger partial charge in [-0.25, -0.2) is 9.37 Å². The van der Waals surface area contributed by atoms with E-state index in [1.54, 1.807) is 24.3 Å². The molecule has 1 atom stereocenters. The molecule has 0 aliphatic carbocycles. The molecule has 1 saturated heterocycles. The van der Waals surface area contributed by atoms with E-state index in [9.17, 15) is 9.18 Å². The second kappa shape index (κ2) is 11.0. The first-order chi connectivity index (χ1) is 19.5. The maximum atomic E-state index is 13.8. The Balaban J connectivity index is 1.44. The quantitative estimate of drug-likeness (QED) is 0.243. The number of likely N-dealkylation sites (N-methyl/N-ethyl adjacent to an activating group) is 1. The summed E-state index contributed by atoms with van der Waals surface area (Å²) in [5.74, 6) is 0.860. The Morgan fingerprint density at radius 2 is 1.70 bits per heavy atom. The third kappa shape index (κ3) is 5.25. The predicted octanol–water partition coefficient (Wildman–Crippen LogP) is 6.09. The van der Waals surface area contributed by atoms with Gasteiger partial charge in [0.25, 0.3) is 5.56 Å². The Bertz CT molecular complexity index is 1680. The summed E-state index contributed by atoms with van der Waals surface area (Å²) in [5.41, 5.74) is 2.34. The van der Waals surface area contributed by atoms with Crippen molar-refractivity contribution in [2.75, 3.05) is 32.1 Å². The molecule has 1 unspecified atom stereocenters. The van der Waals surface area contributed by atoms with Crippen molar-refractivity contribution in [1.29, 1.82) is 0 Å². The number of anilines is 1. The molecule has 0 radical (unpaired) electrons. The SMILES string of the molecule is CN(C)C1CCN(c2nc(-c3ccc(F)cc3)c(-c3ccc(=O)n(-c4ccccc4Oc4ccccc4)n3)s2)C1. The van der Waals surface area contributed by atoms with Crippen molar-refractivity contribution in [3.8, 4) is 39.0 Å². The van der Waals surface area contributed by atoms with Crippen LogP contribution < -0.4 is 15.2 Å². The molecule has 40 heavy (non-hydrogen) atoms. The zero-order chi connectivity index (χ0) is 27.6. The summed E-state index contributed by atoms with van der Waals surface area (Å²) < 4.78 is 21.3. The molecule has 7 nitrogen and oxygen atoms in total. The predicted molar refractivity (Wildman–Crippen MR) is 157 cm³/mol. The fraction of sp³-hybridized carbons (Fsp3) is 0.194. The molecule has 6 rings (SSSR count). The van der Waals surface area contributed by atoms with E-state index in [-0.39, 0.29) is 11.4 Å². The van der Waals surface area contributed by atoms with Gasteiger partial charge in [0.15, 0.2) is 10.9 Å². The van der Waals surface area contributed by atoms with E-state index in [1.807, 2.05) is 48.5 Å². The van der Waals surface area contributed by atoms with E-state index in [0.717, 1.165) is 35.1 Å². The minimum Gasteiger partial charge on any atom is -0.455 e. The van der Waals surface area contributed by atoms with Crippen molar-refractivity contribution in [3.05, 3.63) is 107 Å². The smallest absolute Gasteiger partial charge is 0.271 e. The molecule has 1 aliphatic heterocycles. The average Bonchev–Trinajstić information content (AvgIpc) is 3.63. The number of benzene rings is 3. The van der Waals surface area contributed by atoms with Crippen LogP contribution in [0.3, 0.4) is 0 Å². The number of hydrogen-bond donors (Lipinski definition) is 0. The van der Waals surface area contributed by atoms with Crippen LogP contribution in [-0.2, 0) is 0 Å². The lowest BCUT2D eigenvalue weighted by Crippen LogP contribution is -2.31. The van der Waals surface area contributed by atoms with E-state index in [1.165, 1.54) is 34.2 Å². The lowest BCUT2D eigenvalue weighted by atomic mass is 10.1. The summed E-state index contributed by atoms with van der Waals surface area (Å²) >= 11 is 1.53. The second-order valence-corrected chi connectivity index (χ2v) is 10.9. The van der Waals surface area contributed by atoms with Gasteiger partial charge in [-0.2, -0.15) is 9.78 Å². The molecular formula is C31H28FN5O2S. The highest BCUT2D eigenvalue weighted by Crippen LogP contribution is 2.40. The minimum absolute atomic E-state index is 0.283. The van der Waals surface area contributed by atoms with Crippen molar-refractivity contribution in [1.82, 2.24) is 19.7 Å². The van der Waals surface area contributed by atoms with Crippen LogP contribution >= 0.6 is 11.3 Å². The molecule has 0 N–H and O–H groups in total. The number of para-hydroxylation sites is 3. The van der Waals surface area contributed by atoms with Crippen molar-refractivity contribution in [2.24, 2.45) is 0 Å². The Kier molecular flexibility index (Phi) is 7.15. The number of halogens is 1. The molecule has 0 amide bonds. The van der Waals surface area contributed by atoms with Crippen molar-refractivity contribution in [3.63, 3.8) is 0 Å². The summed E-state index contributed by atoms with van der Waals surface area (Å²) in [6.45, 7) is 1.77. The fourth-order valence-corrected chi connectivity index (χ4v) is 5.89. The minimum atomic E-state index is -0.309. The van der Waals surface area contributed by atoms with Crippen molar-refractivity contribution in [2.45, 2.75) is 12.5 Å². The maximum Gasteiger partial charge on any atom is 0.271 e. The van der Waals surface area contributed by atoms with Gasteiger partial charge < -0.3 is 14.5 Å². The van der Waals surface area contributed by atoms with Gasteiger partial charge in [-0.15, -0.1) is 0 Å². The Morgan fingerprint density at radius 3 is 2.45 bits per heavy atom. The first-order valence-corrected chi connectivity index (χ1v) is 13.9. The molecule has 9 heteroatoms. The van der Waals surface area contributed by atoms with Crippen LogP contribution in [0.2, 0.25) is 0 Å². The maximum absolute atomic E-state index is 13.8. The van der Waals surface area contributed by atoms with Crippen molar-refractivity contribution >= 4 is 16.5 Å². The van der Waals surface area contributed by atoms with Crippen LogP contribution in [0.1, 0.15) is 6.42 Å². The standard InChI is InChI=1S/C31H28FN5O2S/c1-35(2)23-18-19-36(20-23)31-33-29(21-12-14-22(32)15-13-21)30(40-31)25-16-17-28(38)37(34-25)26-10-6-7-11-27(26)39-24-8-4-3-5-9-24/h3-17,23H,18-20H2,1-2H3. The van der Waals surface area contributed by atoms with Crippen LogP contribution in [0, 0.1) is 5.82 Å². The number of aromatic nitrogens is 3. The number of nitrogens with zero attached hydrogens (tertiary/aromatic N) is 5. The average molecular weight is 554 g/mol. The second-order valence-electron chi connectivity index (χ2n) is 9.88. The number of ether oxygens (including phenoxy) is 1. The zero-order valence-corrected chi connectivity index (χ0v) is 23.0. The Labute approximate surface area is 235 Å². The molecule has 2 aromatic heterocycles. The first kappa shape index (κ1) is 25.9. The van der Waals surface area contributed by atoms with Crippen LogP contribution in [0.5, 0.6) is 11.5 Å². The van der Waals surface area contributed by atoms with Gasteiger partial charge in [0, 0.05) is 30.8 Å². The van der Waals surface area contributed by atoms with E-state index < -0.39 is 0 Å². The van der Waals surface area contributed by atoms with Crippen LogP contribution in [0.25, 0.3) is 27.5 Å². The summed E-state index contributed by atoms with van der Waals surface area (Å²) in [7, 11) is 4.19. The van der Waals surface area contributed by atoms with E-state index in [0.29, 0.717) is 34.6 Å². The van der Waals surface area contributed by atoms with Gasteiger partial charge in [-0.05, 0) is 75.1 Å². The molecule has 0 saturated carbocycles. The van der Waals surface area contributed by atoms with Crippen LogP contribution in [0.4, 0.5) is 9.52 Å². The topological polar surface area (TPSA) is 63.5 Å². The highest BCUT2D eigenvalue weighted by Gasteiger charge is 2.28. The molecule has 1 fully saturated rings. The lowest BCUT2D eigenvalue weighted by molar-refractivity contribution is 0.315. The van der Waals surface area contributed by atoms with Gasteiger partial charge in [-0.3, -0.25) is 4.79 Å². The normalized spacial score (nSPS) is 15.1. The van der Waals surface area contributed by atoms with Crippen LogP contribution in [-0.4, -0.2) is 52.9 Å². The summed E-state index contributed by atoms with van der Waals surface area (Å²) in [6.07, 6.45) is 1.05. The summed E-state index contributed by atoms with van der Waals surface area (Å²) in [5, 5.41) is 5.68. The highest BCUT2D eigenvalue weighted by molar-refractivity contribution is 7.19. The van der Waals surface area contributed by atoms with Gasteiger partial charge in [0.05, 0.1) is 10.6 Å². The fourth-order valence-electron chi connectivity index (χ4n) is 4.80. The Morgan fingerprint density at radius 1 is 0.950 bits per heavy atom. The largest absolute Gasteiger partial charge is 0.455 e. The summed E-state index contributed by atoms with van der Waals surface area (Å²) in [6, 6.07) is 26.7. The third-order valence-corrected chi connectivity index (χ3v) is 8.13. The van der Waals surface area contributed by atoms with E-state index in [4.69, 9.17) is 14.8 Å². The molecule has 0 spiro atoms. The zero-order valence-electron chi connectivity index (χ0n) is 22.2. The van der Waals surface area contributed by atoms with Crippen molar-refractivity contribution < 1.29 is 9.13 Å². The monoisotopic (exact) mass is 553 g/mol. The number of rotatable bonds is 7. The number of hydrogen-bond acceptors (Lipinski definition) is 7. The van der Waals surface area contributed by atoms with Gasteiger partial charge >= 0.3 is 0 Å². The molecular weight excluding hydrogens is 525 g/mol. The molecule has 1 aliphatic rings. The van der Waals surface area contributed by atoms with Gasteiger partial charge in [0.1, 0.15) is 22.9 Å². The van der Waals surface area contributed by atoms with E-state index >= 15 is 0 Å². The molecule has 202 valence electrons. The molecule has 5 aromatic rings. The van der Waals surface area contributed by atoms with Gasteiger partial charge in [-0.1, -0.05) is 41.7 Å².